The number of halogens is 3. The summed E-state index contributed by atoms with van der Waals surface area (Å²) in [5, 5.41) is 8.57. The number of thioether (sulfide) groups is 1. The molecule has 1 aromatic carbocycles. The molecule has 0 radical (unpaired) electrons. The number of rotatable bonds is 4. The van der Waals surface area contributed by atoms with Gasteiger partial charge in [-0.25, -0.2) is 0 Å². The molecule has 8 heteroatoms. The molecule has 0 spiro atoms. The zero-order chi connectivity index (χ0) is 14.8. The minimum absolute atomic E-state index is 0.296. The molecule has 0 unspecified atom stereocenters. The van der Waals surface area contributed by atoms with Crippen molar-refractivity contribution in [3.05, 3.63) is 41.2 Å². The van der Waals surface area contributed by atoms with Gasteiger partial charge >= 0.3 is 6.18 Å². The normalized spacial score (nSPS) is 11.8. The molecule has 0 aliphatic heterocycles. The standard InChI is InChI=1S/C12H13F3N4S/c1-19-10(6-16)17-18-11(19)20-7-8-2-4-9(5-3-8)12(13,14)15/h2-5H,6-7,16H2,1H3. The molecule has 0 amide bonds. The third-order valence-corrected chi connectivity index (χ3v) is 3.85. The van der Waals surface area contributed by atoms with Crippen LogP contribution in [0.25, 0.3) is 0 Å². The van der Waals surface area contributed by atoms with Gasteiger partial charge in [-0.3, -0.25) is 0 Å². The van der Waals surface area contributed by atoms with Crippen LogP contribution >= 0.6 is 11.8 Å². The van der Waals surface area contributed by atoms with Gasteiger partial charge in [-0.05, 0) is 17.7 Å². The Bertz CT molecular complexity index is 577. The average molecular weight is 302 g/mol. The highest BCUT2D eigenvalue weighted by molar-refractivity contribution is 7.98. The van der Waals surface area contributed by atoms with Crippen molar-refractivity contribution < 1.29 is 13.2 Å². The first-order valence-electron chi connectivity index (χ1n) is 5.79. The largest absolute Gasteiger partial charge is 0.416 e. The second-order valence-corrected chi connectivity index (χ2v) is 5.09. The summed E-state index contributed by atoms with van der Waals surface area (Å²) in [6, 6.07) is 5.10. The summed E-state index contributed by atoms with van der Waals surface area (Å²) in [6.07, 6.45) is -4.30. The van der Waals surface area contributed by atoms with Crippen molar-refractivity contribution in [3.63, 3.8) is 0 Å². The average Bonchev–Trinajstić information content (AvgIpc) is 2.76. The van der Waals surface area contributed by atoms with Gasteiger partial charge in [0.25, 0.3) is 0 Å². The molecule has 1 heterocycles. The van der Waals surface area contributed by atoms with Gasteiger partial charge in [0.1, 0.15) is 5.82 Å². The summed E-state index contributed by atoms with van der Waals surface area (Å²) >= 11 is 1.40. The summed E-state index contributed by atoms with van der Waals surface area (Å²) in [5.41, 5.74) is 5.64. The molecular formula is C12H13F3N4S. The maximum Gasteiger partial charge on any atom is 0.416 e. The molecule has 2 N–H and O–H groups in total. The number of hydrogen-bond donors (Lipinski definition) is 1. The van der Waals surface area contributed by atoms with Gasteiger partial charge in [0.2, 0.25) is 0 Å². The monoisotopic (exact) mass is 302 g/mol. The summed E-state index contributed by atoms with van der Waals surface area (Å²) in [6.45, 7) is 0.296. The van der Waals surface area contributed by atoms with Crippen LogP contribution in [0.5, 0.6) is 0 Å². The Labute approximate surface area is 118 Å². The molecule has 0 aliphatic rings. The Balaban J connectivity index is 2.02. The second-order valence-electron chi connectivity index (χ2n) is 4.15. The van der Waals surface area contributed by atoms with Gasteiger partial charge < -0.3 is 10.3 Å². The fourth-order valence-corrected chi connectivity index (χ4v) is 2.47. The molecule has 20 heavy (non-hydrogen) atoms. The summed E-state index contributed by atoms with van der Waals surface area (Å²) in [7, 11) is 1.80. The molecule has 2 aromatic rings. The topological polar surface area (TPSA) is 56.7 Å². The van der Waals surface area contributed by atoms with Gasteiger partial charge in [0.15, 0.2) is 5.16 Å². The smallest absolute Gasteiger partial charge is 0.324 e. The van der Waals surface area contributed by atoms with Crippen LogP contribution in [0.2, 0.25) is 0 Å². The zero-order valence-electron chi connectivity index (χ0n) is 10.7. The van der Waals surface area contributed by atoms with Crippen molar-refractivity contribution in [2.24, 2.45) is 12.8 Å². The van der Waals surface area contributed by atoms with Crippen molar-refractivity contribution >= 4 is 11.8 Å². The number of hydrogen-bond acceptors (Lipinski definition) is 4. The number of nitrogens with zero attached hydrogens (tertiary/aromatic N) is 3. The predicted molar refractivity (Wildman–Crippen MR) is 69.9 cm³/mol. The van der Waals surface area contributed by atoms with E-state index in [1.54, 1.807) is 11.6 Å². The second kappa shape index (κ2) is 5.84. The number of aromatic nitrogens is 3. The molecule has 0 atom stereocenters. The van der Waals surface area contributed by atoms with Crippen LogP contribution in [0, 0.1) is 0 Å². The molecular weight excluding hydrogens is 289 g/mol. The molecule has 0 saturated carbocycles. The van der Waals surface area contributed by atoms with Crippen LogP contribution in [0.3, 0.4) is 0 Å². The van der Waals surface area contributed by atoms with Gasteiger partial charge in [-0.15, -0.1) is 10.2 Å². The molecule has 0 saturated heterocycles. The van der Waals surface area contributed by atoms with E-state index in [1.807, 2.05) is 0 Å². The maximum atomic E-state index is 12.4. The van der Waals surface area contributed by atoms with Crippen LogP contribution in [0.1, 0.15) is 17.0 Å². The third-order valence-electron chi connectivity index (χ3n) is 2.76. The molecule has 4 nitrogen and oxygen atoms in total. The fourth-order valence-electron chi connectivity index (χ4n) is 1.59. The molecule has 0 aliphatic carbocycles. The van der Waals surface area contributed by atoms with Crippen LogP contribution in [-0.2, 0) is 25.5 Å². The van der Waals surface area contributed by atoms with E-state index in [2.05, 4.69) is 10.2 Å². The van der Waals surface area contributed by atoms with E-state index in [9.17, 15) is 13.2 Å². The van der Waals surface area contributed by atoms with Gasteiger partial charge in [0.05, 0.1) is 12.1 Å². The van der Waals surface area contributed by atoms with Crippen LogP contribution in [0.15, 0.2) is 29.4 Å². The third kappa shape index (κ3) is 3.31. The van der Waals surface area contributed by atoms with E-state index in [0.29, 0.717) is 23.3 Å². The SMILES string of the molecule is Cn1c(CN)nnc1SCc1ccc(C(F)(F)F)cc1. The van der Waals surface area contributed by atoms with Crippen molar-refractivity contribution in [3.8, 4) is 0 Å². The molecule has 2 rings (SSSR count). The van der Waals surface area contributed by atoms with E-state index in [0.717, 1.165) is 17.7 Å². The fraction of sp³-hybridized carbons (Fsp3) is 0.333. The van der Waals surface area contributed by atoms with E-state index >= 15 is 0 Å². The van der Waals surface area contributed by atoms with E-state index in [-0.39, 0.29) is 0 Å². The number of nitrogens with two attached hydrogens (primary N) is 1. The minimum atomic E-state index is -4.30. The van der Waals surface area contributed by atoms with Gasteiger partial charge in [-0.2, -0.15) is 13.2 Å². The highest BCUT2D eigenvalue weighted by Gasteiger charge is 2.29. The zero-order valence-corrected chi connectivity index (χ0v) is 11.5. The minimum Gasteiger partial charge on any atom is -0.324 e. The first-order chi connectivity index (χ1) is 9.41. The van der Waals surface area contributed by atoms with Crippen molar-refractivity contribution in [2.75, 3.05) is 0 Å². The summed E-state index contributed by atoms with van der Waals surface area (Å²) < 4.78 is 39.1. The highest BCUT2D eigenvalue weighted by atomic mass is 32.2. The maximum absolute atomic E-state index is 12.4. The Morgan fingerprint density at radius 2 is 1.85 bits per heavy atom. The Hall–Kier alpha value is -1.54. The first kappa shape index (κ1) is 14.9. The van der Waals surface area contributed by atoms with E-state index in [1.165, 1.54) is 23.9 Å². The van der Waals surface area contributed by atoms with Crippen LogP contribution < -0.4 is 5.73 Å². The lowest BCUT2D eigenvalue weighted by Gasteiger charge is -2.07. The van der Waals surface area contributed by atoms with E-state index < -0.39 is 11.7 Å². The lowest BCUT2D eigenvalue weighted by atomic mass is 10.1. The van der Waals surface area contributed by atoms with Crippen LogP contribution in [-0.4, -0.2) is 14.8 Å². The summed E-state index contributed by atoms with van der Waals surface area (Å²) in [5.74, 6) is 1.19. The lowest BCUT2D eigenvalue weighted by Crippen LogP contribution is -2.05. The van der Waals surface area contributed by atoms with Crippen molar-refractivity contribution in [1.29, 1.82) is 0 Å². The molecule has 108 valence electrons. The summed E-state index contributed by atoms with van der Waals surface area (Å²) in [4.78, 5) is 0. The predicted octanol–water partition coefficient (Wildman–Crippen LogP) is 2.58. The Morgan fingerprint density at radius 3 is 2.35 bits per heavy atom. The number of alkyl halides is 3. The Morgan fingerprint density at radius 1 is 1.20 bits per heavy atom. The van der Waals surface area contributed by atoms with Crippen LogP contribution in [0.4, 0.5) is 13.2 Å². The first-order valence-corrected chi connectivity index (χ1v) is 6.77. The molecule has 1 aromatic heterocycles. The van der Waals surface area contributed by atoms with E-state index in [4.69, 9.17) is 5.73 Å². The number of benzene rings is 1. The Kier molecular flexibility index (Phi) is 4.34. The van der Waals surface area contributed by atoms with Crippen molar-refractivity contribution in [2.45, 2.75) is 23.6 Å². The van der Waals surface area contributed by atoms with Crippen molar-refractivity contribution in [1.82, 2.24) is 14.8 Å². The highest BCUT2D eigenvalue weighted by Crippen LogP contribution is 2.30. The van der Waals surface area contributed by atoms with Gasteiger partial charge in [-0.1, -0.05) is 23.9 Å². The lowest BCUT2D eigenvalue weighted by molar-refractivity contribution is -0.137. The molecule has 0 bridgehead atoms. The van der Waals surface area contributed by atoms with Gasteiger partial charge in [0, 0.05) is 12.8 Å². The quantitative estimate of drug-likeness (QED) is 0.882. The molecule has 0 fully saturated rings.